The van der Waals surface area contributed by atoms with Crippen molar-refractivity contribution in [3.63, 3.8) is 0 Å². The second-order valence-electron chi connectivity index (χ2n) is 3.22. The van der Waals surface area contributed by atoms with Crippen LogP contribution in [-0.4, -0.2) is 16.3 Å². The molecule has 2 aromatic rings. The van der Waals surface area contributed by atoms with Crippen molar-refractivity contribution >= 4 is 34.3 Å². The second-order valence-corrected chi connectivity index (χ2v) is 3.66. The molecule has 0 saturated heterocycles. The Kier molecular flexibility index (Phi) is 3.07. The summed E-state index contributed by atoms with van der Waals surface area (Å²) in [4.78, 5) is 4.06. The van der Waals surface area contributed by atoms with Gasteiger partial charge in [-0.25, -0.2) is 0 Å². The van der Waals surface area contributed by atoms with E-state index in [1.54, 1.807) is 12.4 Å². The van der Waals surface area contributed by atoms with Gasteiger partial charge in [-0.1, -0.05) is 12.1 Å². The minimum absolute atomic E-state index is 0.152. The topological polar surface area (TPSA) is 63.3 Å². The molecule has 3 N–H and O–H groups in total. The van der Waals surface area contributed by atoms with Crippen molar-refractivity contribution in [1.29, 1.82) is 0 Å². The molecule has 4 nitrogen and oxygen atoms in total. The highest BCUT2D eigenvalue weighted by Gasteiger charge is 1.93. The highest BCUT2D eigenvalue weighted by molar-refractivity contribution is 7.80. The van der Waals surface area contributed by atoms with Gasteiger partial charge in [0.05, 0.1) is 6.21 Å². The fourth-order valence-electron chi connectivity index (χ4n) is 1.35. The second kappa shape index (κ2) is 4.67. The zero-order valence-electron chi connectivity index (χ0n) is 8.42. The molecule has 5 heteroatoms. The third-order valence-corrected chi connectivity index (χ3v) is 2.14. The van der Waals surface area contributed by atoms with E-state index in [9.17, 15) is 0 Å². The number of aromatic nitrogens is 1. The summed E-state index contributed by atoms with van der Waals surface area (Å²) in [5.74, 6) is 0. The predicted molar refractivity (Wildman–Crippen MR) is 69.3 cm³/mol. The molecule has 0 saturated carbocycles. The van der Waals surface area contributed by atoms with E-state index in [0.717, 1.165) is 16.3 Å². The van der Waals surface area contributed by atoms with Gasteiger partial charge in [0.2, 0.25) is 0 Å². The molecule has 0 fully saturated rings. The summed E-state index contributed by atoms with van der Waals surface area (Å²) in [7, 11) is 0. The zero-order valence-corrected chi connectivity index (χ0v) is 9.24. The minimum atomic E-state index is 0.152. The molecule has 1 heterocycles. The van der Waals surface area contributed by atoms with Gasteiger partial charge in [-0.05, 0) is 35.3 Å². The van der Waals surface area contributed by atoms with Gasteiger partial charge in [-0.2, -0.15) is 5.10 Å². The van der Waals surface area contributed by atoms with E-state index in [1.165, 1.54) is 0 Å². The van der Waals surface area contributed by atoms with Crippen molar-refractivity contribution in [3.05, 3.63) is 42.2 Å². The summed E-state index contributed by atoms with van der Waals surface area (Å²) in [6.45, 7) is 0. The molecular formula is C11H10N4S. The van der Waals surface area contributed by atoms with E-state index >= 15 is 0 Å². The Morgan fingerprint density at radius 1 is 1.38 bits per heavy atom. The van der Waals surface area contributed by atoms with Crippen LogP contribution in [0.5, 0.6) is 0 Å². The molecular weight excluding hydrogens is 220 g/mol. The predicted octanol–water partition coefficient (Wildman–Crippen LogP) is 1.40. The molecule has 0 atom stereocenters. The number of pyridine rings is 1. The van der Waals surface area contributed by atoms with E-state index in [0.29, 0.717) is 0 Å². The number of hydrazone groups is 1. The third-order valence-electron chi connectivity index (χ3n) is 2.05. The van der Waals surface area contributed by atoms with Crippen LogP contribution < -0.4 is 11.2 Å². The molecule has 0 spiro atoms. The van der Waals surface area contributed by atoms with E-state index < -0.39 is 0 Å². The number of nitrogens with two attached hydrogens (primary N) is 1. The molecule has 2 rings (SSSR count). The molecule has 0 unspecified atom stereocenters. The molecule has 0 aliphatic rings. The Bertz CT molecular complexity index is 550. The van der Waals surface area contributed by atoms with Gasteiger partial charge in [-0.15, -0.1) is 0 Å². The number of rotatable bonds is 2. The lowest BCUT2D eigenvalue weighted by Crippen LogP contribution is -2.23. The molecule has 80 valence electrons. The summed E-state index contributed by atoms with van der Waals surface area (Å²) in [5, 5.41) is 6.26. The van der Waals surface area contributed by atoms with Crippen LogP contribution in [0.15, 0.2) is 41.8 Å². The maximum atomic E-state index is 5.24. The first kappa shape index (κ1) is 10.5. The Balaban J connectivity index is 2.26. The molecule has 16 heavy (non-hydrogen) atoms. The molecule has 1 aromatic carbocycles. The van der Waals surface area contributed by atoms with E-state index in [4.69, 9.17) is 5.73 Å². The minimum Gasteiger partial charge on any atom is -0.375 e. The van der Waals surface area contributed by atoms with Crippen LogP contribution in [0, 0.1) is 0 Å². The van der Waals surface area contributed by atoms with Gasteiger partial charge < -0.3 is 5.73 Å². The van der Waals surface area contributed by atoms with Gasteiger partial charge in [0, 0.05) is 17.8 Å². The lowest BCUT2D eigenvalue weighted by atomic mass is 10.1. The molecule has 0 bridgehead atoms. The van der Waals surface area contributed by atoms with Crippen LogP contribution in [0.3, 0.4) is 0 Å². The van der Waals surface area contributed by atoms with Crippen molar-refractivity contribution < 1.29 is 0 Å². The average Bonchev–Trinajstić information content (AvgIpc) is 2.28. The molecule has 0 radical (unpaired) electrons. The largest absolute Gasteiger partial charge is 0.375 e. The Morgan fingerprint density at radius 3 is 3.06 bits per heavy atom. The Hall–Kier alpha value is -2.01. The monoisotopic (exact) mass is 230 g/mol. The lowest BCUT2D eigenvalue weighted by molar-refractivity contribution is 1.04. The summed E-state index contributed by atoms with van der Waals surface area (Å²) >= 11 is 4.63. The molecule has 0 aliphatic carbocycles. The van der Waals surface area contributed by atoms with Crippen LogP contribution in [0.2, 0.25) is 0 Å². The van der Waals surface area contributed by atoms with E-state index in [-0.39, 0.29) is 5.11 Å². The number of benzene rings is 1. The number of hydrogen-bond acceptors (Lipinski definition) is 3. The summed E-state index contributed by atoms with van der Waals surface area (Å²) in [6.07, 6.45) is 5.24. The van der Waals surface area contributed by atoms with Crippen LogP contribution in [0.4, 0.5) is 0 Å². The number of fused-ring (bicyclic) bond motifs is 1. The molecule has 0 aliphatic heterocycles. The van der Waals surface area contributed by atoms with Gasteiger partial charge in [0.25, 0.3) is 0 Å². The van der Waals surface area contributed by atoms with Crippen molar-refractivity contribution in [3.8, 4) is 0 Å². The van der Waals surface area contributed by atoms with Crippen LogP contribution in [0.25, 0.3) is 10.8 Å². The van der Waals surface area contributed by atoms with Gasteiger partial charge in [0.1, 0.15) is 0 Å². The standard InChI is InChI=1S/C11H10N4S/c12-11(16)15-14-6-8-1-2-9-3-4-13-7-10(9)5-8/h1-7H,(H3,12,15,16). The number of thiocarbonyl (C=S) groups is 1. The van der Waals surface area contributed by atoms with Crippen molar-refractivity contribution in [1.82, 2.24) is 10.4 Å². The summed E-state index contributed by atoms with van der Waals surface area (Å²) in [6, 6.07) is 7.93. The quantitative estimate of drug-likeness (QED) is 0.465. The first-order valence-corrected chi connectivity index (χ1v) is 5.09. The van der Waals surface area contributed by atoms with Crippen LogP contribution in [-0.2, 0) is 0 Å². The summed E-state index contributed by atoms with van der Waals surface area (Å²) in [5.41, 5.74) is 8.71. The highest BCUT2D eigenvalue weighted by atomic mass is 32.1. The first-order chi connectivity index (χ1) is 7.75. The third kappa shape index (κ3) is 2.52. The van der Waals surface area contributed by atoms with Gasteiger partial charge in [0.15, 0.2) is 5.11 Å². The normalized spacial score (nSPS) is 10.8. The number of nitrogens with one attached hydrogen (secondary N) is 1. The van der Waals surface area contributed by atoms with E-state index in [1.807, 2.05) is 30.5 Å². The fourth-order valence-corrected chi connectivity index (χ4v) is 1.41. The molecule has 0 amide bonds. The Morgan fingerprint density at radius 2 is 2.25 bits per heavy atom. The smallest absolute Gasteiger partial charge is 0.184 e. The van der Waals surface area contributed by atoms with Crippen molar-refractivity contribution in [2.45, 2.75) is 0 Å². The van der Waals surface area contributed by atoms with Crippen molar-refractivity contribution in [2.75, 3.05) is 0 Å². The van der Waals surface area contributed by atoms with Crippen LogP contribution in [0.1, 0.15) is 5.56 Å². The van der Waals surface area contributed by atoms with E-state index in [2.05, 4.69) is 27.7 Å². The SMILES string of the molecule is NC(=S)NN=Cc1ccc2ccncc2c1. The zero-order chi connectivity index (χ0) is 11.4. The number of hydrogen-bond donors (Lipinski definition) is 2. The van der Waals surface area contributed by atoms with Gasteiger partial charge in [-0.3, -0.25) is 10.4 Å². The van der Waals surface area contributed by atoms with Crippen molar-refractivity contribution in [2.24, 2.45) is 10.8 Å². The number of nitrogens with zero attached hydrogens (tertiary/aromatic N) is 2. The summed E-state index contributed by atoms with van der Waals surface area (Å²) < 4.78 is 0. The average molecular weight is 230 g/mol. The fraction of sp³-hybridized carbons (Fsp3) is 0. The lowest BCUT2D eigenvalue weighted by Gasteiger charge is -1.98. The first-order valence-electron chi connectivity index (χ1n) is 4.68. The maximum Gasteiger partial charge on any atom is 0.184 e. The highest BCUT2D eigenvalue weighted by Crippen LogP contribution is 2.12. The van der Waals surface area contributed by atoms with Crippen LogP contribution >= 0.6 is 12.2 Å². The Labute approximate surface area is 98.2 Å². The van der Waals surface area contributed by atoms with Gasteiger partial charge >= 0.3 is 0 Å². The maximum absolute atomic E-state index is 5.24. The molecule has 1 aromatic heterocycles.